The minimum atomic E-state index is 0.660. The van der Waals surface area contributed by atoms with Crippen LogP contribution < -0.4 is 5.73 Å². The highest BCUT2D eigenvalue weighted by Gasteiger charge is 2.05. The lowest BCUT2D eigenvalue weighted by Gasteiger charge is -2.04. The Kier molecular flexibility index (Phi) is 3.05. The highest BCUT2D eigenvalue weighted by Crippen LogP contribution is 2.28. The minimum Gasteiger partial charge on any atom is -0.397 e. The molecule has 0 spiro atoms. The largest absolute Gasteiger partial charge is 0.397 e. The second-order valence-electron chi connectivity index (χ2n) is 3.38. The number of hydrogen-bond acceptors (Lipinski definition) is 5. The summed E-state index contributed by atoms with van der Waals surface area (Å²) in [7, 11) is 0. The Labute approximate surface area is 98.3 Å². The predicted molar refractivity (Wildman–Crippen MR) is 64.3 cm³/mol. The van der Waals surface area contributed by atoms with Crippen LogP contribution in [-0.4, -0.2) is 15.0 Å². The van der Waals surface area contributed by atoms with Crippen LogP contribution in [0.4, 0.5) is 5.69 Å². The summed E-state index contributed by atoms with van der Waals surface area (Å²) in [5.74, 6) is 0. The minimum absolute atomic E-state index is 0.660. The summed E-state index contributed by atoms with van der Waals surface area (Å²) in [6.07, 6.45) is 3.45. The zero-order valence-electron chi connectivity index (χ0n) is 9.14. The number of nitrogens with zero attached hydrogens (tertiary/aromatic N) is 3. The number of aryl methyl sites for hydroxylation is 2. The summed E-state index contributed by atoms with van der Waals surface area (Å²) in [5, 5.41) is 1.58. The number of nitrogens with two attached hydrogens (primary N) is 1. The van der Waals surface area contributed by atoms with Gasteiger partial charge in [0.05, 0.1) is 23.3 Å². The van der Waals surface area contributed by atoms with E-state index in [1.165, 1.54) is 11.8 Å². The Balaban J connectivity index is 2.28. The molecule has 2 aromatic heterocycles. The Morgan fingerprint density at radius 3 is 2.69 bits per heavy atom. The Morgan fingerprint density at radius 2 is 2.00 bits per heavy atom. The summed E-state index contributed by atoms with van der Waals surface area (Å²) >= 11 is 1.43. The first kappa shape index (κ1) is 10.9. The number of pyridine rings is 1. The molecule has 16 heavy (non-hydrogen) atoms. The SMILES string of the molecule is Cc1ncc(Sc2ncccc2N)nc1C. The Morgan fingerprint density at radius 1 is 1.19 bits per heavy atom. The summed E-state index contributed by atoms with van der Waals surface area (Å²) in [6, 6.07) is 3.63. The molecule has 0 bridgehead atoms. The number of anilines is 1. The van der Waals surface area contributed by atoms with Crippen LogP contribution in [0.15, 0.2) is 34.6 Å². The molecular weight excluding hydrogens is 220 g/mol. The van der Waals surface area contributed by atoms with Gasteiger partial charge in [-0.2, -0.15) is 0 Å². The van der Waals surface area contributed by atoms with Crippen molar-refractivity contribution in [1.29, 1.82) is 0 Å². The number of hydrogen-bond donors (Lipinski definition) is 1. The number of rotatable bonds is 2. The molecule has 82 valence electrons. The Hall–Kier alpha value is -1.62. The molecule has 0 saturated heterocycles. The van der Waals surface area contributed by atoms with Gasteiger partial charge in [0.25, 0.3) is 0 Å². The molecule has 4 nitrogen and oxygen atoms in total. The standard InChI is InChI=1S/C11H12N4S/c1-7-8(2)15-10(6-14-7)16-11-9(12)4-3-5-13-11/h3-6H,12H2,1-2H3. The van der Waals surface area contributed by atoms with Crippen molar-refractivity contribution < 1.29 is 0 Å². The summed E-state index contributed by atoms with van der Waals surface area (Å²) in [5.41, 5.74) is 8.34. The van der Waals surface area contributed by atoms with E-state index in [1.54, 1.807) is 12.4 Å². The first-order valence-electron chi connectivity index (χ1n) is 4.85. The fraction of sp³-hybridized carbons (Fsp3) is 0.182. The van der Waals surface area contributed by atoms with Crippen LogP contribution in [0, 0.1) is 13.8 Å². The van der Waals surface area contributed by atoms with Crippen molar-refractivity contribution in [3.8, 4) is 0 Å². The monoisotopic (exact) mass is 232 g/mol. The summed E-state index contributed by atoms with van der Waals surface area (Å²) < 4.78 is 0. The van der Waals surface area contributed by atoms with Crippen molar-refractivity contribution >= 4 is 17.4 Å². The van der Waals surface area contributed by atoms with Crippen molar-refractivity contribution in [1.82, 2.24) is 15.0 Å². The lowest BCUT2D eigenvalue weighted by Crippen LogP contribution is -1.95. The molecule has 2 rings (SSSR count). The van der Waals surface area contributed by atoms with E-state index in [4.69, 9.17) is 5.73 Å². The molecule has 2 heterocycles. The van der Waals surface area contributed by atoms with E-state index in [0.717, 1.165) is 21.4 Å². The highest BCUT2D eigenvalue weighted by molar-refractivity contribution is 7.99. The molecule has 0 aliphatic carbocycles. The van der Waals surface area contributed by atoms with Crippen molar-refractivity contribution in [3.05, 3.63) is 35.9 Å². The van der Waals surface area contributed by atoms with Gasteiger partial charge >= 0.3 is 0 Å². The van der Waals surface area contributed by atoms with Crippen LogP contribution in [-0.2, 0) is 0 Å². The fourth-order valence-electron chi connectivity index (χ4n) is 1.16. The molecule has 0 radical (unpaired) electrons. The zero-order chi connectivity index (χ0) is 11.5. The van der Waals surface area contributed by atoms with Gasteiger partial charge in [0.15, 0.2) is 0 Å². The molecule has 0 amide bonds. The van der Waals surface area contributed by atoms with Gasteiger partial charge in [-0.3, -0.25) is 4.98 Å². The highest BCUT2D eigenvalue weighted by atomic mass is 32.2. The van der Waals surface area contributed by atoms with E-state index >= 15 is 0 Å². The number of nitrogen functional groups attached to an aromatic ring is 1. The number of aromatic nitrogens is 3. The van der Waals surface area contributed by atoms with Gasteiger partial charge in [-0.05, 0) is 37.7 Å². The van der Waals surface area contributed by atoms with Crippen LogP contribution in [0.25, 0.3) is 0 Å². The maximum atomic E-state index is 5.80. The molecule has 0 aliphatic rings. The molecule has 5 heteroatoms. The van der Waals surface area contributed by atoms with Gasteiger partial charge in [-0.15, -0.1) is 0 Å². The van der Waals surface area contributed by atoms with Gasteiger partial charge < -0.3 is 5.73 Å². The van der Waals surface area contributed by atoms with Crippen molar-refractivity contribution in [2.45, 2.75) is 23.9 Å². The topological polar surface area (TPSA) is 64.7 Å². The van der Waals surface area contributed by atoms with Crippen LogP contribution in [0.2, 0.25) is 0 Å². The molecule has 0 aromatic carbocycles. The molecular formula is C11H12N4S. The molecule has 0 unspecified atom stereocenters. The third-order valence-electron chi connectivity index (χ3n) is 2.17. The van der Waals surface area contributed by atoms with Crippen LogP contribution >= 0.6 is 11.8 Å². The predicted octanol–water partition coefficient (Wildman–Crippen LogP) is 2.22. The third kappa shape index (κ3) is 2.30. The van der Waals surface area contributed by atoms with E-state index in [1.807, 2.05) is 26.0 Å². The Bertz CT molecular complexity index is 513. The lowest BCUT2D eigenvalue weighted by atomic mass is 10.4. The van der Waals surface area contributed by atoms with Crippen LogP contribution in [0.1, 0.15) is 11.4 Å². The second kappa shape index (κ2) is 4.49. The molecule has 0 atom stereocenters. The second-order valence-corrected chi connectivity index (χ2v) is 4.39. The third-order valence-corrected chi connectivity index (χ3v) is 3.11. The van der Waals surface area contributed by atoms with Gasteiger partial charge in [0.2, 0.25) is 0 Å². The van der Waals surface area contributed by atoms with E-state index in [9.17, 15) is 0 Å². The average Bonchev–Trinajstić information content (AvgIpc) is 2.27. The molecule has 2 aromatic rings. The smallest absolute Gasteiger partial charge is 0.125 e. The van der Waals surface area contributed by atoms with E-state index in [0.29, 0.717) is 5.69 Å². The van der Waals surface area contributed by atoms with Crippen molar-refractivity contribution in [3.63, 3.8) is 0 Å². The van der Waals surface area contributed by atoms with Crippen LogP contribution in [0.3, 0.4) is 0 Å². The maximum Gasteiger partial charge on any atom is 0.125 e. The summed E-state index contributed by atoms with van der Waals surface area (Å²) in [4.78, 5) is 12.9. The van der Waals surface area contributed by atoms with Gasteiger partial charge in [0.1, 0.15) is 10.1 Å². The molecule has 0 fully saturated rings. The molecule has 0 aliphatic heterocycles. The average molecular weight is 232 g/mol. The van der Waals surface area contributed by atoms with Crippen LogP contribution in [0.5, 0.6) is 0 Å². The maximum absolute atomic E-state index is 5.80. The molecule has 0 saturated carbocycles. The first-order chi connectivity index (χ1) is 7.66. The van der Waals surface area contributed by atoms with Gasteiger partial charge in [0, 0.05) is 6.20 Å². The normalized spacial score (nSPS) is 10.4. The lowest BCUT2D eigenvalue weighted by molar-refractivity contribution is 0.954. The zero-order valence-corrected chi connectivity index (χ0v) is 9.95. The fourth-order valence-corrected chi connectivity index (χ4v) is 1.94. The van der Waals surface area contributed by atoms with Gasteiger partial charge in [-0.25, -0.2) is 9.97 Å². The van der Waals surface area contributed by atoms with E-state index < -0.39 is 0 Å². The van der Waals surface area contributed by atoms with Crippen molar-refractivity contribution in [2.75, 3.05) is 5.73 Å². The summed E-state index contributed by atoms with van der Waals surface area (Å²) in [6.45, 7) is 3.88. The van der Waals surface area contributed by atoms with E-state index in [-0.39, 0.29) is 0 Å². The first-order valence-corrected chi connectivity index (χ1v) is 5.67. The molecule has 2 N–H and O–H groups in total. The van der Waals surface area contributed by atoms with Crippen molar-refractivity contribution in [2.24, 2.45) is 0 Å². The quantitative estimate of drug-likeness (QED) is 0.860. The van der Waals surface area contributed by atoms with Gasteiger partial charge in [-0.1, -0.05) is 0 Å². The van der Waals surface area contributed by atoms with E-state index in [2.05, 4.69) is 15.0 Å².